The first kappa shape index (κ1) is 10.5. The summed E-state index contributed by atoms with van der Waals surface area (Å²) in [5, 5.41) is 2.14. The van der Waals surface area contributed by atoms with E-state index in [9.17, 15) is 4.79 Å². The molecule has 0 aromatic rings. The molecule has 1 amide bonds. The van der Waals surface area contributed by atoms with E-state index in [0.29, 0.717) is 6.54 Å². The molecule has 1 fully saturated rings. The molecule has 1 aliphatic rings. The molecule has 0 radical (unpaired) electrons. The minimum Gasteiger partial charge on any atom is -0.348 e. The van der Waals surface area contributed by atoms with E-state index in [1.165, 1.54) is 19.3 Å². The Hall–Kier alpha value is -0.610. The predicted octanol–water partition coefficient (Wildman–Crippen LogP) is 0.0651. The summed E-state index contributed by atoms with van der Waals surface area (Å²) >= 11 is 0. The summed E-state index contributed by atoms with van der Waals surface area (Å²) in [5.41, 5.74) is 3.14. The highest BCUT2D eigenvalue weighted by Crippen LogP contribution is 2.05. The lowest BCUT2D eigenvalue weighted by atomic mass is 10.2. The third kappa shape index (κ3) is 3.74. The van der Waals surface area contributed by atoms with Gasteiger partial charge in [0.1, 0.15) is 0 Å². The van der Waals surface area contributed by atoms with Crippen molar-refractivity contribution >= 4 is 5.91 Å². The van der Waals surface area contributed by atoms with Gasteiger partial charge in [-0.25, -0.2) is 10.4 Å². The second-order valence-electron chi connectivity index (χ2n) is 3.67. The number of hydrazine groups is 1. The highest BCUT2D eigenvalue weighted by molar-refractivity contribution is 5.77. The SMILES string of the molecule is CN(C)C(=O)CNN1CCCCC1. The van der Waals surface area contributed by atoms with Crippen molar-refractivity contribution in [2.24, 2.45) is 0 Å². The molecule has 13 heavy (non-hydrogen) atoms. The number of hydrogen-bond donors (Lipinski definition) is 1. The van der Waals surface area contributed by atoms with Crippen molar-refractivity contribution < 1.29 is 4.79 Å². The molecule has 0 aromatic carbocycles. The average Bonchev–Trinajstić information content (AvgIpc) is 2.15. The van der Waals surface area contributed by atoms with Crippen LogP contribution in [0, 0.1) is 0 Å². The van der Waals surface area contributed by atoms with Crippen LogP contribution in [0.4, 0.5) is 0 Å². The number of nitrogens with zero attached hydrogens (tertiary/aromatic N) is 2. The Kier molecular flexibility index (Phi) is 4.18. The zero-order valence-electron chi connectivity index (χ0n) is 8.55. The van der Waals surface area contributed by atoms with Crippen molar-refractivity contribution in [2.75, 3.05) is 33.7 Å². The van der Waals surface area contributed by atoms with Crippen molar-refractivity contribution in [3.8, 4) is 0 Å². The van der Waals surface area contributed by atoms with Gasteiger partial charge in [0.2, 0.25) is 5.91 Å². The van der Waals surface area contributed by atoms with Gasteiger partial charge >= 0.3 is 0 Å². The summed E-state index contributed by atoms with van der Waals surface area (Å²) < 4.78 is 0. The quantitative estimate of drug-likeness (QED) is 0.675. The van der Waals surface area contributed by atoms with Crippen LogP contribution in [0.5, 0.6) is 0 Å². The number of carbonyl (C=O) groups is 1. The summed E-state index contributed by atoms with van der Waals surface area (Å²) in [6, 6.07) is 0. The van der Waals surface area contributed by atoms with Gasteiger partial charge in [0.25, 0.3) is 0 Å². The molecule has 0 aromatic heterocycles. The van der Waals surface area contributed by atoms with Crippen LogP contribution >= 0.6 is 0 Å². The maximum absolute atomic E-state index is 11.2. The molecule has 1 heterocycles. The third-order valence-electron chi connectivity index (χ3n) is 2.31. The number of nitrogens with one attached hydrogen (secondary N) is 1. The number of amides is 1. The first-order valence-electron chi connectivity index (χ1n) is 4.89. The van der Waals surface area contributed by atoms with Crippen molar-refractivity contribution in [3.05, 3.63) is 0 Å². The highest BCUT2D eigenvalue weighted by atomic mass is 16.2. The number of rotatable bonds is 3. The largest absolute Gasteiger partial charge is 0.348 e. The van der Waals surface area contributed by atoms with E-state index in [1.54, 1.807) is 19.0 Å². The molecule has 1 aliphatic heterocycles. The van der Waals surface area contributed by atoms with Crippen LogP contribution < -0.4 is 5.43 Å². The number of likely N-dealkylation sites (N-methyl/N-ethyl adjacent to an activating group) is 1. The Morgan fingerprint density at radius 2 is 1.92 bits per heavy atom. The zero-order valence-corrected chi connectivity index (χ0v) is 8.55. The molecular weight excluding hydrogens is 166 g/mol. The lowest BCUT2D eigenvalue weighted by Crippen LogP contribution is -2.46. The first-order chi connectivity index (χ1) is 6.20. The Labute approximate surface area is 79.9 Å². The summed E-state index contributed by atoms with van der Waals surface area (Å²) in [4.78, 5) is 12.8. The fourth-order valence-electron chi connectivity index (χ4n) is 1.39. The highest BCUT2D eigenvalue weighted by Gasteiger charge is 2.11. The molecule has 0 bridgehead atoms. The van der Waals surface area contributed by atoms with Gasteiger partial charge in [-0.15, -0.1) is 0 Å². The fourth-order valence-corrected chi connectivity index (χ4v) is 1.39. The summed E-state index contributed by atoms with van der Waals surface area (Å²) in [5.74, 6) is 0.130. The molecular formula is C9H19N3O. The summed E-state index contributed by atoms with van der Waals surface area (Å²) in [6.07, 6.45) is 3.80. The van der Waals surface area contributed by atoms with E-state index in [4.69, 9.17) is 0 Å². The summed E-state index contributed by atoms with van der Waals surface area (Å²) in [6.45, 7) is 2.56. The Morgan fingerprint density at radius 3 is 2.46 bits per heavy atom. The van der Waals surface area contributed by atoms with Crippen molar-refractivity contribution in [3.63, 3.8) is 0 Å². The van der Waals surface area contributed by atoms with E-state index in [1.807, 2.05) is 0 Å². The van der Waals surface area contributed by atoms with Crippen LogP contribution in [0.3, 0.4) is 0 Å². The van der Waals surface area contributed by atoms with Crippen LogP contribution in [0.1, 0.15) is 19.3 Å². The van der Waals surface area contributed by atoms with Crippen molar-refractivity contribution in [1.29, 1.82) is 0 Å². The molecule has 0 unspecified atom stereocenters. The van der Waals surface area contributed by atoms with Crippen LogP contribution in [0.15, 0.2) is 0 Å². The van der Waals surface area contributed by atoms with Gasteiger partial charge in [-0.1, -0.05) is 6.42 Å². The fraction of sp³-hybridized carbons (Fsp3) is 0.889. The van der Waals surface area contributed by atoms with Gasteiger partial charge in [-0.3, -0.25) is 4.79 Å². The van der Waals surface area contributed by atoms with E-state index in [-0.39, 0.29) is 5.91 Å². The molecule has 0 spiro atoms. The van der Waals surface area contributed by atoms with E-state index in [2.05, 4.69) is 10.4 Å². The minimum absolute atomic E-state index is 0.130. The van der Waals surface area contributed by atoms with Gasteiger partial charge in [0, 0.05) is 27.2 Å². The normalized spacial score (nSPS) is 18.6. The van der Waals surface area contributed by atoms with Crippen molar-refractivity contribution in [2.45, 2.75) is 19.3 Å². The van der Waals surface area contributed by atoms with Crippen LogP contribution in [-0.4, -0.2) is 49.5 Å². The number of carbonyl (C=O) groups excluding carboxylic acids is 1. The predicted molar refractivity (Wildman–Crippen MR) is 52.1 cm³/mol. The van der Waals surface area contributed by atoms with Gasteiger partial charge < -0.3 is 4.90 Å². The molecule has 76 valence electrons. The topological polar surface area (TPSA) is 35.6 Å². The molecule has 0 atom stereocenters. The van der Waals surface area contributed by atoms with E-state index >= 15 is 0 Å². The van der Waals surface area contributed by atoms with Gasteiger partial charge in [-0.05, 0) is 12.8 Å². The van der Waals surface area contributed by atoms with Gasteiger partial charge in [0.15, 0.2) is 0 Å². The molecule has 1 N–H and O–H groups in total. The van der Waals surface area contributed by atoms with Crippen LogP contribution in [-0.2, 0) is 4.79 Å². The lowest BCUT2D eigenvalue weighted by Gasteiger charge is -2.27. The first-order valence-corrected chi connectivity index (χ1v) is 4.89. The Bertz CT molecular complexity index is 164. The zero-order chi connectivity index (χ0) is 9.68. The maximum Gasteiger partial charge on any atom is 0.237 e. The van der Waals surface area contributed by atoms with Crippen LogP contribution in [0.2, 0.25) is 0 Å². The number of piperidine rings is 1. The van der Waals surface area contributed by atoms with Gasteiger partial charge in [0.05, 0.1) is 6.54 Å². The number of hydrogen-bond acceptors (Lipinski definition) is 3. The Balaban J connectivity index is 2.13. The monoisotopic (exact) mass is 185 g/mol. The third-order valence-corrected chi connectivity index (χ3v) is 2.31. The van der Waals surface area contributed by atoms with Crippen molar-refractivity contribution in [1.82, 2.24) is 15.3 Å². The molecule has 1 saturated heterocycles. The second-order valence-corrected chi connectivity index (χ2v) is 3.67. The van der Waals surface area contributed by atoms with E-state index < -0.39 is 0 Å². The molecule has 4 nitrogen and oxygen atoms in total. The lowest BCUT2D eigenvalue weighted by molar-refractivity contribution is -0.128. The van der Waals surface area contributed by atoms with E-state index in [0.717, 1.165) is 13.1 Å². The maximum atomic E-state index is 11.2. The standard InChI is InChI=1S/C9H19N3O/c1-11(2)9(13)8-10-12-6-4-3-5-7-12/h10H,3-8H2,1-2H3. The second kappa shape index (κ2) is 5.19. The molecule has 0 saturated carbocycles. The molecule has 0 aliphatic carbocycles. The molecule has 1 rings (SSSR count). The smallest absolute Gasteiger partial charge is 0.237 e. The molecule has 4 heteroatoms. The minimum atomic E-state index is 0.130. The van der Waals surface area contributed by atoms with Crippen LogP contribution in [0.25, 0.3) is 0 Å². The van der Waals surface area contributed by atoms with Gasteiger partial charge in [-0.2, -0.15) is 0 Å². The summed E-state index contributed by atoms with van der Waals surface area (Å²) in [7, 11) is 3.56. The Morgan fingerprint density at radius 1 is 1.31 bits per heavy atom. The average molecular weight is 185 g/mol.